The average molecular weight is 567 g/mol. The van der Waals surface area contributed by atoms with Gasteiger partial charge < -0.3 is 24.2 Å². The minimum absolute atomic E-state index is 0.173. The van der Waals surface area contributed by atoms with E-state index in [-0.39, 0.29) is 11.3 Å². The number of amides is 1. The zero-order valence-electron chi connectivity index (χ0n) is 26.0. The smallest absolute Gasteiger partial charge is 0.252 e. The van der Waals surface area contributed by atoms with Crippen LogP contribution >= 0.6 is 11.8 Å². The minimum Gasteiger partial charge on any atom is -0.548 e. The van der Waals surface area contributed by atoms with Gasteiger partial charge in [-0.3, -0.25) is 9.79 Å². The van der Waals surface area contributed by atoms with Gasteiger partial charge in [0.05, 0.1) is 44.5 Å². The molecule has 0 aliphatic carbocycles. The number of aliphatic imine (C=N–C) groups is 1. The third kappa shape index (κ3) is 9.65. The second kappa shape index (κ2) is 16.9. The average Bonchev–Trinajstić information content (AvgIpc) is 3.04. The number of carboxylic acids is 1. The van der Waals surface area contributed by atoms with Crippen LogP contribution in [0.1, 0.15) is 119 Å². The zero-order valence-corrected chi connectivity index (χ0v) is 26.8. The van der Waals surface area contributed by atoms with Gasteiger partial charge in [0, 0.05) is 17.8 Å². The van der Waals surface area contributed by atoms with Crippen molar-refractivity contribution in [2.75, 3.05) is 39.3 Å². The molecule has 0 radical (unpaired) electrons. The second-order valence-electron chi connectivity index (χ2n) is 12.4. The lowest BCUT2D eigenvalue weighted by Crippen LogP contribution is -2.66. The van der Waals surface area contributed by atoms with Gasteiger partial charge in [0.2, 0.25) is 0 Å². The van der Waals surface area contributed by atoms with Crippen LogP contribution in [0.25, 0.3) is 0 Å². The van der Waals surface area contributed by atoms with E-state index in [0.29, 0.717) is 0 Å². The molecule has 1 unspecified atom stereocenters. The number of carboxylic acid groups (broad SMARTS) is 1. The summed E-state index contributed by atoms with van der Waals surface area (Å²) in [5, 5.41) is 11.2. The highest BCUT2D eigenvalue weighted by Gasteiger charge is 2.61. The van der Waals surface area contributed by atoms with Crippen molar-refractivity contribution >= 4 is 30.0 Å². The third-order valence-corrected chi connectivity index (χ3v) is 10.2. The summed E-state index contributed by atoms with van der Waals surface area (Å²) in [5.74, 6) is -1.37. The first-order valence-corrected chi connectivity index (χ1v) is 16.9. The number of carbonyl (C=O) groups is 2. The Morgan fingerprint density at radius 1 is 0.923 bits per heavy atom. The quantitative estimate of drug-likeness (QED) is 0.120. The molecular formula is C31H58N4O3S. The van der Waals surface area contributed by atoms with Crippen molar-refractivity contribution in [3.05, 3.63) is 0 Å². The predicted molar refractivity (Wildman–Crippen MR) is 163 cm³/mol. The predicted octanol–water partition coefficient (Wildman–Crippen LogP) is 5.08. The third-order valence-electron chi connectivity index (χ3n) is 8.61. The van der Waals surface area contributed by atoms with Gasteiger partial charge in [-0.15, -0.1) is 11.8 Å². The van der Waals surface area contributed by atoms with E-state index in [9.17, 15) is 14.7 Å². The van der Waals surface area contributed by atoms with Crippen LogP contribution in [0.5, 0.6) is 0 Å². The Morgan fingerprint density at radius 2 is 1.38 bits per heavy atom. The van der Waals surface area contributed by atoms with Gasteiger partial charge in [-0.1, -0.05) is 66.2 Å². The number of fused-ring (bicyclic) bond motifs is 1. The summed E-state index contributed by atoms with van der Waals surface area (Å²) < 4.78 is 0.884. The highest BCUT2D eigenvalue weighted by molar-refractivity contribution is 8.01. The Labute approximate surface area is 243 Å². The van der Waals surface area contributed by atoms with Crippen LogP contribution in [0.2, 0.25) is 0 Å². The number of rotatable bonds is 15. The maximum absolute atomic E-state index is 12.3. The van der Waals surface area contributed by atoms with Crippen molar-refractivity contribution in [2.45, 2.75) is 141 Å². The van der Waals surface area contributed by atoms with Crippen molar-refractivity contribution in [2.24, 2.45) is 4.99 Å². The molecule has 8 heteroatoms. The van der Waals surface area contributed by atoms with Crippen LogP contribution in [0.4, 0.5) is 0 Å². The minimum atomic E-state index is -1.18. The molecular weight excluding hydrogens is 508 g/mol. The van der Waals surface area contributed by atoms with E-state index in [0.717, 1.165) is 25.9 Å². The number of hydrogen-bond donors (Lipinski definition) is 0. The van der Waals surface area contributed by atoms with Gasteiger partial charge in [0.1, 0.15) is 5.37 Å². The first kappa shape index (κ1) is 33.9. The Morgan fingerprint density at radius 3 is 1.79 bits per heavy atom. The Bertz CT molecular complexity index is 729. The lowest BCUT2D eigenvalue weighted by Gasteiger charge is -2.43. The molecule has 7 nitrogen and oxygen atoms in total. The molecule has 0 bridgehead atoms. The molecule has 0 N–H and O–H groups in total. The van der Waals surface area contributed by atoms with Gasteiger partial charge in [0.25, 0.3) is 5.91 Å². The standard InChI is InChI=1S/C16H36N.C15H23N3O3S/c1-5-9-13-17(14-10-6-2,15-11-7-3)16-12-8-4;1-15(2)11(14(20)21)18-12(19)10(13(18)22-15)16-9-17-7-5-3-4-6-8-17/h5-16H2,1-4H3;9-11,13H,3-8H2,1-2H3,(H,20,21)/q+1;/p-1/b;16-9+/t;10?,11-,13+/m.0/s1. The van der Waals surface area contributed by atoms with Crippen LogP contribution in [-0.2, 0) is 9.59 Å². The van der Waals surface area contributed by atoms with E-state index >= 15 is 0 Å². The number of likely N-dealkylation sites (tertiary alicyclic amines) is 1. The maximum atomic E-state index is 12.3. The number of quaternary nitrogens is 1. The van der Waals surface area contributed by atoms with Crippen molar-refractivity contribution in [3.63, 3.8) is 0 Å². The first-order valence-electron chi connectivity index (χ1n) is 16.0. The first-order chi connectivity index (χ1) is 18.7. The maximum Gasteiger partial charge on any atom is 0.252 e. The summed E-state index contributed by atoms with van der Waals surface area (Å²) in [4.78, 5) is 31.7. The van der Waals surface area contributed by atoms with Gasteiger partial charge in [-0.05, 0) is 52.4 Å². The lowest BCUT2D eigenvalue weighted by molar-refractivity contribution is -0.929. The fourth-order valence-corrected chi connectivity index (χ4v) is 7.75. The van der Waals surface area contributed by atoms with E-state index in [4.69, 9.17) is 0 Å². The molecule has 0 aromatic rings. The van der Waals surface area contributed by atoms with Crippen molar-refractivity contribution in [3.8, 4) is 0 Å². The SMILES string of the molecule is CC1(C)S[C@@H]2C(/N=C/N3CCCCCC3)C(=O)N2[C@H]1C(=O)[O-].CCCC[N+](CCCC)(CCCC)CCCC. The van der Waals surface area contributed by atoms with Crippen LogP contribution in [0, 0.1) is 0 Å². The fourth-order valence-electron chi connectivity index (χ4n) is 6.13. The van der Waals surface area contributed by atoms with E-state index in [2.05, 4.69) is 37.6 Å². The molecule has 226 valence electrons. The van der Waals surface area contributed by atoms with Crippen molar-refractivity contribution in [1.82, 2.24) is 9.80 Å². The molecule has 3 fully saturated rings. The molecule has 3 rings (SSSR count). The van der Waals surface area contributed by atoms with Crippen molar-refractivity contribution < 1.29 is 19.2 Å². The largest absolute Gasteiger partial charge is 0.548 e. The molecule has 0 spiro atoms. The van der Waals surface area contributed by atoms with Crippen molar-refractivity contribution in [1.29, 1.82) is 0 Å². The van der Waals surface area contributed by atoms with Crippen LogP contribution < -0.4 is 5.11 Å². The molecule has 3 atom stereocenters. The van der Waals surface area contributed by atoms with Gasteiger partial charge in [0.15, 0.2) is 6.04 Å². The molecule has 0 aromatic carbocycles. The van der Waals surface area contributed by atoms with Gasteiger partial charge in [-0.2, -0.15) is 0 Å². The molecule has 0 saturated carbocycles. The molecule has 39 heavy (non-hydrogen) atoms. The number of unbranched alkanes of at least 4 members (excludes halogenated alkanes) is 4. The van der Waals surface area contributed by atoms with Gasteiger partial charge >= 0.3 is 0 Å². The summed E-state index contributed by atoms with van der Waals surface area (Å²) >= 11 is 1.51. The zero-order chi connectivity index (χ0) is 28.9. The van der Waals surface area contributed by atoms with E-state index in [1.807, 2.05) is 13.8 Å². The molecule has 0 aromatic heterocycles. The summed E-state index contributed by atoms with van der Waals surface area (Å²) in [6, 6.07) is -1.31. The monoisotopic (exact) mass is 566 g/mol. The van der Waals surface area contributed by atoms with Crippen LogP contribution in [0.15, 0.2) is 4.99 Å². The van der Waals surface area contributed by atoms with E-state index < -0.39 is 22.8 Å². The normalized spacial score (nSPS) is 24.7. The molecule has 1 amide bonds. The highest BCUT2D eigenvalue weighted by atomic mass is 32.2. The summed E-state index contributed by atoms with van der Waals surface area (Å²) in [6.07, 6.45) is 17.7. The molecule has 3 saturated heterocycles. The van der Waals surface area contributed by atoms with E-state index in [1.165, 1.54) is 112 Å². The number of nitrogens with zero attached hydrogens (tertiary/aromatic N) is 4. The number of β-lactam (4-membered cyclic amide) rings is 1. The fraction of sp³-hybridized carbons (Fsp3) is 0.903. The molecule has 3 heterocycles. The lowest BCUT2D eigenvalue weighted by atomic mass is 9.96. The Kier molecular flexibility index (Phi) is 14.7. The molecule has 3 aliphatic rings. The molecule has 3 aliphatic heterocycles. The topological polar surface area (TPSA) is 76.0 Å². The second-order valence-corrected chi connectivity index (χ2v) is 14.2. The summed E-state index contributed by atoms with van der Waals surface area (Å²) in [5.41, 5.74) is 0. The van der Waals surface area contributed by atoms with E-state index in [1.54, 1.807) is 6.34 Å². The Balaban J connectivity index is 0.000000285. The number of carbonyl (C=O) groups excluding carboxylic acids is 2. The van der Waals surface area contributed by atoms with Crippen LogP contribution in [0.3, 0.4) is 0 Å². The summed E-state index contributed by atoms with van der Waals surface area (Å²) in [7, 11) is 0. The number of aliphatic carboxylic acids is 1. The number of thioether (sulfide) groups is 1. The summed E-state index contributed by atoms with van der Waals surface area (Å²) in [6.45, 7) is 20.7. The number of hydrogen-bond acceptors (Lipinski definition) is 5. The van der Waals surface area contributed by atoms with Crippen LogP contribution in [-0.4, -0.2) is 94.0 Å². The Hall–Kier alpha value is -1.28. The highest BCUT2D eigenvalue weighted by Crippen LogP contribution is 2.51. The van der Waals surface area contributed by atoms with Gasteiger partial charge in [-0.25, -0.2) is 0 Å².